The predicted octanol–water partition coefficient (Wildman–Crippen LogP) is 20.4. The summed E-state index contributed by atoms with van der Waals surface area (Å²) in [5, 5.41) is 23.4. The standard InChI is InChI=1S/C65H127NO5/c1-3-5-7-9-11-13-15-17-19-20-21-23-26-30-33-37-41-45-49-53-57-63(68)62(61-67)66-64(69)58-54-50-46-42-38-34-31-27-24-22-25-28-32-36-40-44-48-52-56-60-71-65(70)59-55-51-47-43-39-35-29-18-16-14-12-10-8-6-4-2/h18,29,62-63,67-68H,3-17,19-28,30-61H2,1-2H3,(H,66,69)/b29-18-. The van der Waals surface area contributed by atoms with E-state index in [-0.39, 0.29) is 18.5 Å². The van der Waals surface area contributed by atoms with Crippen LogP contribution in [0.2, 0.25) is 0 Å². The molecule has 0 radical (unpaired) electrons. The van der Waals surface area contributed by atoms with Crippen molar-refractivity contribution in [2.75, 3.05) is 13.2 Å². The van der Waals surface area contributed by atoms with Crippen molar-refractivity contribution in [2.24, 2.45) is 0 Å². The number of ether oxygens (including phenoxy) is 1. The molecule has 0 saturated carbocycles. The van der Waals surface area contributed by atoms with Gasteiger partial charge in [-0.3, -0.25) is 9.59 Å². The van der Waals surface area contributed by atoms with Crippen LogP contribution in [0.1, 0.15) is 367 Å². The van der Waals surface area contributed by atoms with Gasteiger partial charge in [0.1, 0.15) is 0 Å². The van der Waals surface area contributed by atoms with Gasteiger partial charge in [-0.2, -0.15) is 0 Å². The topological polar surface area (TPSA) is 95.9 Å². The third kappa shape index (κ3) is 57.7. The zero-order valence-corrected chi connectivity index (χ0v) is 48.2. The average Bonchev–Trinajstić information content (AvgIpc) is 3.37. The number of hydrogen-bond acceptors (Lipinski definition) is 5. The van der Waals surface area contributed by atoms with Crippen molar-refractivity contribution in [3.63, 3.8) is 0 Å². The third-order valence-corrected chi connectivity index (χ3v) is 15.3. The van der Waals surface area contributed by atoms with Crippen LogP contribution >= 0.6 is 0 Å². The molecule has 0 saturated heterocycles. The van der Waals surface area contributed by atoms with E-state index < -0.39 is 12.1 Å². The molecule has 3 N–H and O–H groups in total. The molecule has 0 aromatic heterocycles. The lowest BCUT2D eigenvalue weighted by Gasteiger charge is -2.22. The van der Waals surface area contributed by atoms with Gasteiger partial charge in [-0.15, -0.1) is 0 Å². The van der Waals surface area contributed by atoms with E-state index >= 15 is 0 Å². The van der Waals surface area contributed by atoms with Gasteiger partial charge in [0.15, 0.2) is 0 Å². The van der Waals surface area contributed by atoms with Crippen LogP contribution in [0.4, 0.5) is 0 Å². The molecule has 0 spiro atoms. The van der Waals surface area contributed by atoms with Gasteiger partial charge in [-0.25, -0.2) is 0 Å². The molecule has 2 unspecified atom stereocenters. The molecular formula is C65H127NO5. The maximum absolute atomic E-state index is 12.5. The van der Waals surface area contributed by atoms with Crippen molar-refractivity contribution in [3.8, 4) is 0 Å². The second-order valence-corrected chi connectivity index (χ2v) is 22.5. The summed E-state index contributed by atoms with van der Waals surface area (Å²) >= 11 is 0. The van der Waals surface area contributed by atoms with Crippen molar-refractivity contribution < 1.29 is 24.5 Å². The van der Waals surface area contributed by atoms with Gasteiger partial charge in [0.05, 0.1) is 25.4 Å². The smallest absolute Gasteiger partial charge is 0.305 e. The van der Waals surface area contributed by atoms with Gasteiger partial charge in [-0.05, 0) is 51.4 Å². The Balaban J connectivity index is 3.40. The van der Waals surface area contributed by atoms with Crippen LogP contribution < -0.4 is 5.32 Å². The molecule has 0 bridgehead atoms. The van der Waals surface area contributed by atoms with Crippen LogP contribution in [0.25, 0.3) is 0 Å². The van der Waals surface area contributed by atoms with E-state index in [9.17, 15) is 19.8 Å². The maximum Gasteiger partial charge on any atom is 0.305 e. The number of carbonyl (C=O) groups is 2. The predicted molar refractivity (Wildman–Crippen MR) is 310 cm³/mol. The molecule has 71 heavy (non-hydrogen) atoms. The van der Waals surface area contributed by atoms with E-state index in [2.05, 4.69) is 31.3 Å². The number of hydrogen-bond donors (Lipinski definition) is 3. The molecule has 6 nitrogen and oxygen atoms in total. The Hall–Kier alpha value is -1.40. The first-order valence-corrected chi connectivity index (χ1v) is 32.4. The normalized spacial score (nSPS) is 12.6. The summed E-state index contributed by atoms with van der Waals surface area (Å²) in [6.45, 7) is 4.97. The molecule has 1 amide bonds. The lowest BCUT2D eigenvalue weighted by molar-refractivity contribution is -0.143. The van der Waals surface area contributed by atoms with Crippen molar-refractivity contribution in [1.82, 2.24) is 5.32 Å². The van der Waals surface area contributed by atoms with Gasteiger partial charge in [0.25, 0.3) is 0 Å². The molecule has 2 atom stereocenters. The number of allylic oxidation sites excluding steroid dienone is 2. The Morgan fingerprint density at radius 2 is 0.662 bits per heavy atom. The summed E-state index contributed by atoms with van der Waals surface area (Å²) in [5.74, 6) is -0.0317. The van der Waals surface area contributed by atoms with Gasteiger partial charge in [0, 0.05) is 12.8 Å². The van der Waals surface area contributed by atoms with Gasteiger partial charge >= 0.3 is 5.97 Å². The number of aliphatic hydroxyl groups excluding tert-OH is 2. The second-order valence-electron chi connectivity index (χ2n) is 22.5. The fourth-order valence-corrected chi connectivity index (χ4v) is 10.3. The molecular weight excluding hydrogens is 875 g/mol. The van der Waals surface area contributed by atoms with Crippen molar-refractivity contribution in [1.29, 1.82) is 0 Å². The number of carbonyl (C=O) groups excluding carboxylic acids is 2. The molecule has 0 fully saturated rings. The van der Waals surface area contributed by atoms with Crippen LogP contribution in [-0.2, 0) is 14.3 Å². The zero-order valence-electron chi connectivity index (χ0n) is 48.2. The number of unbranched alkanes of at least 4 members (excludes halogenated alkanes) is 48. The molecule has 0 aliphatic carbocycles. The van der Waals surface area contributed by atoms with E-state index in [1.165, 1.54) is 289 Å². The highest BCUT2D eigenvalue weighted by molar-refractivity contribution is 5.76. The lowest BCUT2D eigenvalue weighted by Crippen LogP contribution is -2.45. The number of nitrogens with one attached hydrogen (secondary N) is 1. The molecule has 0 heterocycles. The van der Waals surface area contributed by atoms with Gasteiger partial charge < -0.3 is 20.3 Å². The summed E-state index contributed by atoms with van der Waals surface area (Å²) in [5.41, 5.74) is 0. The first kappa shape index (κ1) is 69.6. The van der Waals surface area contributed by atoms with Crippen LogP contribution in [0.3, 0.4) is 0 Å². The van der Waals surface area contributed by atoms with Crippen LogP contribution in [0, 0.1) is 0 Å². The summed E-state index contributed by atoms with van der Waals surface area (Å²) in [4.78, 5) is 24.6. The van der Waals surface area contributed by atoms with E-state index in [0.717, 1.165) is 44.9 Å². The van der Waals surface area contributed by atoms with E-state index in [4.69, 9.17) is 4.74 Å². The Labute approximate surface area is 444 Å². The average molecular weight is 1000 g/mol. The van der Waals surface area contributed by atoms with Gasteiger partial charge in [-0.1, -0.05) is 315 Å². The van der Waals surface area contributed by atoms with Crippen LogP contribution in [0.5, 0.6) is 0 Å². The van der Waals surface area contributed by atoms with Crippen LogP contribution in [-0.4, -0.2) is 47.4 Å². The minimum absolute atomic E-state index is 0.00224. The quantitative estimate of drug-likeness (QED) is 0.0320. The Bertz CT molecular complexity index is 1060. The number of amides is 1. The lowest BCUT2D eigenvalue weighted by atomic mass is 10.0. The fraction of sp³-hybridized carbons (Fsp3) is 0.938. The SMILES string of the molecule is CCCCCCCC/C=C\CCCCCCCC(=O)OCCCCCCCCCCCCCCCCCCCCCC(=O)NC(CO)C(O)CCCCCCCCCCCCCCCCCCCCCC. The van der Waals surface area contributed by atoms with Crippen molar-refractivity contribution >= 4 is 11.9 Å². The minimum atomic E-state index is -0.667. The molecule has 0 aromatic rings. The summed E-state index contributed by atoms with van der Waals surface area (Å²) in [6.07, 6.45) is 73.7. The molecule has 0 aliphatic heterocycles. The van der Waals surface area contributed by atoms with Crippen LogP contribution in [0.15, 0.2) is 12.2 Å². The molecule has 0 aliphatic rings. The monoisotopic (exact) mass is 1000 g/mol. The Kier molecular flexibility index (Phi) is 59.9. The highest BCUT2D eigenvalue weighted by Crippen LogP contribution is 2.18. The summed E-state index contributed by atoms with van der Waals surface area (Å²) in [7, 11) is 0. The minimum Gasteiger partial charge on any atom is -0.466 e. The van der Waals surface area contributed by atoms with E-state index in [1.54, 1.807) is 0 Å². The zero-order chi connectivity index (χ0) is 51.4. The number of aliphatic hydroxyl groups is 2. The summed E-state index contributed by atoms with van der Waals surface area (Å²) in [6, 6.07) is -0.544. The highest BCUT2D eigenvalue weighted by atomic mass is 16.5. The first-order valence-electron chi connectivity index (χ1n) is 32.4. The molecule has 0 rings (SSSR count). The molecule has 422 valence electrons. The van der Waals surface area contributed by atoms with Crippen molar-refractivity contribution in [3.05, 3.63) is 12.2 Å². The Morgan fingerprint density at radius 3 is 1.00 bits per heavy atom. The molecule has 0 aromatic carbocycles. The van der Waals surface area contributed by atoms with Crippen molar-refractivity contribution in [2.45, 2.75) is 379 Å². The fourth-order valence-electron chi connectivity index (χ4n) is 10.3. The van der Waals surface area contributed by atoms with E-state index in [1.807, 2.05) is 0 Å². The largest absolute Gasteiger partial charge is 0.466 e. The number of esters is 1. The Morgan fingerprint density at radius 1 is 0.380 bits per heavy atom. The second kappa shape index (κ2) is 61.1. The molecule has 6 heteroatoms. The maximum atomic E-state index is 12.5. The number of rotatable bonds is 61. The third-order valence-electron chi connectivity index (χ3n) is 15.3. The van der Waals surface area contributed by atoms with Gasteiger partial charge in [0.2, 0.25) is 5.91 Å². The van der Waals surface area contributed by atoms with E-state index in [0.29, 0.717) is 25.9 Å². The first-order chi connectivity index (χ1) is 35.0. The summed E-state index contributed by atoms with van der Waals surface area (Å²) < 4.78 is 5.48. The highest BCUT2D eigenvalue weighted by Gasteiger charge is 2.20.